The summed E-state index contributed by atoms with van der Waals surface area (Å²) in [5.41, 5.74) is 0.247. The van der Waals surface area contributed by atoms with Gasteiger partial charge in [0, 0.05) is 0 Å². The van der Waals surface area contributed by atoms with E-state index in [4.69, 9.17) is 9.47 Å². The van der Waals surface area contributed by atoms with Crippen molar-refractivity contribution in [3.05, 3.63) is 35.9 Å². The lowest BCUT2D eigenvalue weighted by atomic mass is 10.0. The van der Waals surface area contributed by atoms with Crippen molar-refractivity contribution in [2.45, 2.75) is 38.4 Å². The fraction of sp³-hybridized carbons (Fsp3) is 0.500. The molecule has 2 atom stereocenters. The van der Waals surface area contributed by atoms with Crippen molar-refractivity contribution in [1.29, 1.82) is 0 Å². The second-order valence-electron chi connectivity index (χ2n) is 4.51. The first-order valence-corrected chi connectivity index (χ1v) is 6.08. The van der Waals surface area contributed by atoms with Crippen LogP contribution in [0.25, 0.3) is 0 Å². The molecule has 0 saturated carbocycles. The number of benzene rings is 1. The molecule has 1 aromatic carbocycles. The van der Waals surface area contributed by atoms with Crippen LogP contribution in [0, 0.1) is 0 Å². The van der Waals surface area contributed by atoms with Gasteiger partial charge in [0.2, 0.25) is 0 Å². The Morgan fingerprint density at radius 1 is 1.41 bits per heavy atom. The van der Waals surface area contributed by atoms with Crippen LogP contribution in [0.1, 0.15) is 38.4 Å². The Balaban J connectivity index is 1.93. The number of unbranched alkanes of at least 4 members (excludes halogenated alkanes) is 1. The first-order valence-electron chi connectivity index (χ1n) is 6.08. The molecule has 1 aliphatic rings. The number of epoxide rings is 1. The normalized spacial score (nSPS) is 26.6. The Kier molecular flexibility index (Phi) is 3.48. The summed E-state index contributed by atoms with van der Waals surface area (Å²) < 4.78 is 10.7. The highest BCUT2D eigenvalue weighted by atomic mass is 16.7. The van der Waals surface area contributed by atoms with E-state index >= 15 is 0 Å². The number of ether oxygens (including phenoxy) is 2. The molecule has 0 amide bonds. The fourth-order valence-corrected chi connectivity index (χ4v) is 1.83. The molecule has 0 radical (unpaired) electrons. The predicted octanol–water partition coefficient (Wildman–Crippen LogP) is 2.86. The smallest absolute Gasteiger partial charge is 0.341 e. The minimum absolute atomic E-state index is 0.155. The topological polar surface area (TPSA) is 38.8 Å². The van der Waals surface area contributed by atoms with Crippen molar-refractivity contribution in [2.75, 3.05) is 6.61 Å². The maximum atomic E-state index is 11.8. The number of hydrogen-bond acceptors (Lipinski definition) is 3. The third-order valence-corrected chi connectivity index (χ3v) is 3.04. The number of hydrogen-bond donors (Lipinski definition) is 0. The van der Waals surface area contributed by atoms with Crippen LogP contribution in [0.15, 0.2) is 30.3 Å². The highest BCUT2D eigenvalue weighted by Gasteiger charge is 2.60. The van der Waals surface area contributed by atoms with Gasteiger partial charge in [-0.05, 0) is 18.9 Å². The molecule has 1 heterocycles. The van der Waals surface area contributed by atoms with Gasteiger partial charge in [0.05, 0.1) is 6.61 Å². The van der Waals surface area contributed by atoms with Crippen LogP contribution in [0.5, 0.6) is 0 Å². The third kappa shape index (κ3) is 2.50. The van der Waals surface area contributed by atoms with Crippen molar-refractivity contribution in [1.82, 2.24) is 0 Å². The Hall–Kier alpha value is -1.35. The molecule has 0 N–H and O–H groups in total. The van der Waals surface area contributed by atoms with Crippen LogP contribution < -0.4 is 0 Å². The van der Waals surface area contributed by atoms with Gasteiger partial charge in [-0.25, -0.2) is 4.79 Å². The Morgan fingerprint density at radius 2 is 2.12 bits per heavy atom. The SMILES string of the molecule is CCCCOC(=O)[C@@]1(C)O[C@H]1c1ccccc1. The Morgan fingerprint density at radius 3 is 2.76 bits per heavy atom. The van der Waals surface area contributed by atoms with Crippen LogP contribution in [0.2, 0.25) is 0 Å². The number of rotatable bonds is 5. The van der Waals surface area contributed by atoms with Gasteiger partial charge in [0.1, 0.15) is 6.10 Å². The highest BCUT2D eigenvalue weighted by Crippen LogP contribution is 2.49. The largest absolute Gasteiger partial charge is 0.463 e. The average molecular weight is 234 g/mol. The molecule has 1 aliphatic heterocycles. The maximum absolute atomic E-state index is 11.8. The fourth-order valence-electron chi connectivity index (χ4n) is 1.83. The molecule has 0 unspecified atom stereocenters. The van der Waals surface area contributed by atoms with E-state index in [-0.39, 0.29) is 12.1 Å². The van der Waals surface area contributed by atoms with Crippen molar-refractivity contribution < 1.29 is 14.3 Å². The summed E-state index contributed by atoms with van der Waals surface area (Å²) in [7, 11) is 0. The quantitative estimate of drug-likeness (QED) is 0.446. The van der Waals surface area contributed by atoms with Crippen molar-refractivity contribution in [3.63, 3.8) is 0 Å². The van der Waals surface area contributed by atoms with Gasteiger partial charge in [-0.15, -0.1) is 0 Å². The lowest BCUT2D eigenvalue weighted by Gasteiger charge is -2.07. The van der Waals surface area contributed by atoms with E-state index in [1.165, 1.54) is 0 Å². The lowest BCUT2D eigenvalue weighted by molar-refractivity contribution is -0.149. The summed E-state index contributed by atoms with van der Waals surface area (Å²) in [6, 6.07) is 9.77. The van der Waals surface area contributed by atoms with Gasteiger partial charge >= 0.3 is 5.97 Å². The summed E-state index contributed by atoms with van der Waals surface area (Å²) in [6.07, 6.45) is 1.77. The molecule has 0 aromatic heterocycles. The summed E-state index contributed by atoms with van der Waals surface area (Å²) in [6.45, 7) is 4.34. The second kappa shape index (κ2) is 4.88. The second-order valence-corrected chi connectivity index (χ2v) is 4.51. The van der Waals surface area contributed by atoms with Crippen LogP contribution >= 0.6 is 0 Å². The first-order chi connectivity index (χ1) is 8.18. The molecule has 2 rings (SSSR count). The zero-order valence-corrected chi connectivity index (χ0v) is 10.3. The van der Waals surface area contributed by atoms with E-state index in [1.54, 1.807) is 6.92 Å². The molecule has 1 fully saturated rings. The lowest BCUT2D eigenvalue weighted by Crippen LogP contribution is -2.24. The molecule has 1 aromatic rings. The molecule has 1 saturated heterocycles. The third-order valence-electron chi connectivity index (χ3n) is 3.04. The van der Waals surface area contributed by atoms with Gasteiger partial charge in [0.15, 0.2) is 5.60 Å². The Bertz CT molecular complexity index is 388. The summed E-state index contributed by atoms with van der Waals surface area (Å²) in [4.78, 5) is 11.8. The molecular weight excluding hydrogens is 216 g/mol. The molecule has 0 spiro atoms. The summed E-state index contributed by atoms with van der Waals surface area (Å²) in [5.74, 6) is -0.250. The standard InChI is InChI=1S/C14H18O3/c1-3-4-10-16-13(15)14(2)12(17-14)11-8-6-5-7-9-11/h5-9,12H,3-4,10H2,1-2H3/t12-,14-/m0/s1. The first kappa shape index (κ1) is 12.1. The van der Waals surface area contributed by atoms with Crippen molar-refractivity contribution >= 4 is 5.97 Å². The van der Waals surface area contributed by atoms with E-state index < -0.39 is 5.60 Å². The molecule has 92 valence electrons. The van der Waals surface area contributed by atoms with Crippen LogP contribution in [0.3, 0.4) is 0 Å². The minimum Gasteiger partial charge on any atom is -0.463 e. The zero-order valence-electron chi connectivity index (χ0n) is 10.3. The van der Waals surface area contributed by atoms with Crippen molar-refractivity contribution in [3.8, 4) is 0 Å². The molecule has 3 nitrogen and oxygen atoms in total. The van der Waals surface area contributed by atoms with E-state index in [0.717, 1.165) is 18.4 Å². The minimum atomic E-state index is -0.783. The molecule has 0 aliphatic carbocycles. The van der Waals surface area contributed by atoms with Gasteiger partial charge < -0.3 is 9.47 Å². The summed E-state index contributed by atoms with van der Waals surface area (Å²) >= 11 is 0. The number of carbonyl (C=O) groups excluding carboxylic acids is 1. The van der Waals surface area contributed by atoms with E-state index in [1.807, 2.05) is 30.3 Å². The van der Waals surface area contributed by atoms with Gasteiger partial charge in [-0.3, -0.25) is 0 Å². The number of carbonyl (C=O) groups is 1. The van der Waals surface area contributed by atoms with Gasteiger partial charge in [-0.1, -0.05) is 43.7 Å². The van der Waals surface area contributed by atoms with Crippen molar-refractivity contribution in [2.24, 2.45) is 0 Å². The molecular formula is C14H18O3. The molecule has 3 heteroatoms. The van der Waals surface area contributed by atoms with E-state index in [2.05, 4.69) is 6.92 Å². The summed E-state index contributed by atoms with van der Waals surface area (Å²) in [5, 5.41) is 0. The Labute approximate surface area is 102 Å². The average Bonchev–Trinajstić information content (AvgIpc) is 3.05. The van der Waals surface area contributed by atoms with Crippen LogP contribution in [-0.2, 0) is 14.3 Å². The van der Waals surface area contributed by atoms with Crippen LogP contribution in [0.4, 0.5) is 0 Å². The highest BCUT2D eigenvalue weighted by molar-refractivity contribution is 5.83. The van der Waals surface area contributed by atoms with Gasteiger partial charge in [-0.2, -0.15) is 0 Å². The monoisotopic (exact) mass is 234 g/mol. The zero-order chi connectivity index (χ0) is 12.3. The number of esters is 1. The van der Waals surface area contributed by atoms with Crippen LogP contribution in [-0.4, -0.2) is 18.2 Å². The maximum Gasteiger partial charge on any atom is 0.341 e. The predicted molar refractivity (Wildman–Crippen MR) is 64.5 cm³/mol. The molecule has 17 heavy (non-hydrogen) atoms. The van der Waals surface area contributed by atoms with E-state index in [9.17, 15) is 4.79 Å². The molecule has 0 bridgehead atoms. The van der Waals surface area contributed by atoms with E-state index in [0.29, 0.717) is 6.61 Å². The van der Waals surface area contributed by atoms with Gasteiger partial charge in [0.25, 0.3) is 0 Å².